The number of hydrogen-bond acceptors (Lipinski definition) is 2. The van der Waals surface area contributed by atoms with Crippen molar-refractivity contribution in [2.24, 2.45) is 0 Å². The highest BCUT2D eigenvalue weighted by molar-refractivity contribution is 6.30. The first-order valence-corrected chi connectivity index (χ1v) is 7.87. The van der Waals surface area contributed by atoms with Gasteiger partial charge in [0.15, 0.2) is 0 Å². The van der Waals surface area contributed by atoms with Gasteiger partial charge in [-0.05, 0) is 50.4 Å². The molecule has 1 aromatic carbocycles. The van der Waals surface area contributed by atoms with Crippen LogP contribution in [0, 0.1) is 6.92 Å². The minimum absolute atomic E-state index is 0.745. The Morgan fingerprint density at radius 1 is 1.11 bits per heavy atom. The largest absolute Gasteiger partial charge is 0.370 e. The van der Waals surface area contributed by atoms with Gasteiger partial charge in [0.1, 0.15) is 0 Å². The molecule has 1 unspecified atom stereocenters. The monoisotopic (exact) mass is 278 g/mol. The van der Waals surface area contributed by atoms with E-state index in [0.29, 0.717) is 0 Å². The summed E-state index contributed by atoms with van der Waals surface area (Å²) >= 11 is 6.18. The highest BCUT2D eigenvalue weighted by Gasteiger charge is 2.27. The third-order valence-corrected chi connectivity index (χ3v) is 4.80. The number of rotatable bonds is 1. The molecule has 0 bridgehead atoms. The van der Waals surface area contributed by atoms with Gasteiger partial charge in [0.2, 0.25) is 0 Å². The van der Waals surface area contributed by atoms with E-state index in [1.807, 2.05) is 6.07 Å². The summed E-state index contributed by atoms with van der Waals surface area (Å²) in [7, 11) is 0. The molecule has 0 saturated carbocycles. The van der Waals surface area contributed by atoms with Crippen LogP contribution < -0.4 is 4.90 Å². The van der Waals surface area contributed by atoms with E-state index in [-0.39, 0.29) is 0 Å². The molecule has 19 heavy (non-hydrogen) atoms. The SMILES string of the molecule is Cc1ccc(Cl)cc1N1CCCN2CCCCC2C1. The fraction of sp³-hybridized carbons (Fsp3) is 0.625. The molecule has 0 aromatic heterocycles. The van der Waals surface area contributed by atoms with Crippen molar-refractivity contribution in [3.63, 3.8) is 0 Å². The van der Waals surface area contributed by atoms with Gasteiger partial charge in [0, 0.05) is 36.4 Å². The number of halogens is 1. The number of benzene rings is 1. The molecule has 0 N–H and O–H groups in total. The van der Waals surface area contributed by atoms with Crippen LogP contribution in [0.3, 0.4) is 0 Å². The van der Waals surface area contributed by atoms with E-state index in [2.05, 4.69) is 28.9 Å². The van der Waals surface area contributed by atoms with Gasteiger partial charge in [-0.3, -0.25) is 4.90 Å². The maximum absolute atomic E-state index is 6.18. The molecule has 2 saturated heterocycles. The van der Waals surface area contributed by atoms with Crippen molar-refractivity contribution in [3.8, 4) is 0 Å². The van der Waals surface area contributed by atoms with E-state index in [1.165, 1.54) is 56.6 Å². The van der Waals surface area contributed by atoms with E-state index in [0.717, 1.165) is 17.6 Å². The van der Waals surface area contributed by atoms with Gasteiger partial charge < -0.3 is 4.90 Å². The number of anilines is 1. The quantitative estimate of drug-likeness (QED) is 0.773. The number of fused-ring (bicyclic) bond motifs is 1. The molecule has 2 aliphatic heterocycles. The van der Waals surface area contributed by atoms with Crippen LogP contribution in [-0.4, -0.2) is 37.1 Å². The number of hydrogen-bond donors (Lipinski definition) is 0. The summed E-state index contributed by atoms with van der Waals surface area (Å²) in [6.07, 6.45) is 5.40. The van der Waals surface area contributed by atoms with Crippen LogP contribution in [0.25, 0.3) is 0 Å². The van der Waals surface area contributed by atoms with Crippen molar-refractivity contribution in [1.29, 1.82) is 0 Å². The summed E-state index contributed by atoms with van der Waals surface area (Å²) in [5.41, 5.74) is 2.67. The average molecular weight is 279 g/mol. The van der Waals surface area contributed by atoms with Crippen molar-refractivity contribution in [1.82, 2.24) is 4.90 Å². The lowest BCUT2D eigenvalue weighted by Crippen LogP contribution is -2.44. The first kappa shape index (κ1) is 13.3. The first-order valence-electron chi connectivity index (χ1n) is 7.49. The summed E-state index contributed by atoms with van der Waals surface area (Å²) in [6, 6.07) is 7.01. The normalized spacial score (nSPS) is 24.9. The highest BCUT2D eigenvalue weighted by Crippen LogP contribution is 2.28. The molecule has 104 valence electrons. The molecule has 2 aliphatic rings. The second-order valence-electron chi connectivity index (χ2n) is 5.92. The highest BCUT2D eigenvalue weighted by atomic mass is 35.5. The van der Waals surface area contributed by atoms with Gasteiger partial charge in [-0.15, -0.1) is 0 Å². The Bertz CT molecular complexity index is 446. The van der Waals surface area contributed by atoms with Crippen molar-refractivity contribution in [2.75, 3.05) is 31.1 Å². The van der Waals surface area contributed by atoms with E-state index < -0.39 is 0 Å². The van der Waals surface area contributed by atoms with Crippen LogP contribution in [-0.2, 0) is 0 Å². The summed E-state index contributed by atoms with van der Waals surface area (Å²) in [4.78, 5) is 5.25. The Kier molecular flexibility index (Phi) is 3.99. The Hall–Kier alpha value is -0.730. The zero-order valence-corrected chi connectivity index (χ0v) is 12.5. The van der Waals surface area contributed by atoms with Gasteiger partial charge in [-0.2, -0.15) is 0 Å². The van der Waals surface area contributed by atoms with Crippen LogP contribution in [0.1, 0.15) is 31.2 Å². The van der Waals surface area contributed by atoms with Crippen LogP contribution in [0.4, 0.5) is 5.69 Å². The molecule has 3 heteroatoms. The summed E-state index contributed by atoms with van der Waals surface area (Å²) in [5.74, 6) is 0. The molecule has 2 nitrogen and oxygen atoms in total. The van der Waals surface area contributed by atoms with E-state index >= 15 is 0 Å². The summed E-state index contributed by atoms with van der Waals surface area (Å²) < 4.78 is 0. The minimum Gasteiger partial charge on any atom is -0.370 e. The zero-order valence-electron chi connectivity index (χ0n) is 11.7. The second-order valence-corrected chi connectivity index (χ2v) is 6.35. The van der Waals surface area contributed by atoms with Crippen molar-refractivity contribution < 1.29 is 0 Å². The number of piperidine rings is 1. The predicted molar refractivity (Wildman–Crippen MR) is 82.2 cm³/mol. The van der Waals surface area contributed by atoms with Gasteiger partial charge in [0.05, 0.1) is 0 Å². The van der Waals surface area contributed by atoms with Crippen molar-refractivity contribution in [2.45, 2.75) is 38.6 Å². The Morgan fingerprint density at radius 2 is 1.95 bits per heavy atom. The smallest absolute Gasteiger partial charge is 0.0426 e. The molecule has 2 heterocycles. The third kappa shape index (κ3) is 2.90. The van der Waals surface area contributed by atoms with Crippen LogP contribution >= 0.6 is 11.6 Å². The fourth-order valence-corrected chi connectivity index (χ4v) is 3.68. The van der Waals surface area contributed by atoms with E-state index in [4.69, 9.17) is 11.6 Å². The predicted octanol–water partition coefficient (Wildman–Crippen LogP) is 3.71. The number of aryl methyl sites for hydroxylation is 1. The van der Waals surface area contributed by atoms with Gasteiger partial charge in [0.25, 0.3) is 0 Å². The Balaban J connectivity index is 1.82. The molecule has 2 fully saturated rings. The molecule has 0 aliphatic carbocycles. The lowest BCUT2D eigenvalue weighted by atomic mass is 10.0. The van der Waals surface area contributed by atoms with Crippen molar-refractivity contribution in [3.05, 3.63) is 28.8 Å². The summed E-state index contributed by atoms with van der Waals surface area (Å²) in [6.45, 7) is 7.08. The van der Waals surface area contributed by atoms with Gasteiger partial charge >= 0.3 is 0 Å². The molecule has 0 radical (unpaired) electrons. The van der Waals surface area contributed by atoms with E-state index in [9.17, 15) is 0 Å². The van der Waals surface area contributed by atoms with Crippen LogP contribution in [0.5, 0.6) is 0 Å². The van der Waals surface area contributed by atoms with Crippen molar-refractivity contribution >= 4 is 17.3 Å². The topological polar surface area (TPSA) is 6.48 Å². The molecule has 1 atom stereocenters. The zero-order chi connectivity index (χ0) is 13.2. The lowest BCUT2D eigenvalue weighted by molar-refractivity contribution is 0.162. The van der Waals surface area contributed by atoms with Crippen LogP contribution in [0.15, 0.2) is 18.2 Å². The first-order chi connectivity index (χ1) is 9.24. The van der Waals surface area contributed by atoms with Gasteiger partial charge in [-0.1, -0.05) is 24.1 Å². The molecular formula is C16H23ClN2. The Morgan fingerprint density at radius 3 is 2.84 bits per heavy atom. The molecule has 0 spiro atoms. The average Bonchev–Trinajstić information content (AvgIpc) is 2.63. The van der Waals surface area contributed by atoms with Crippen LogP contribution in [0.2, 0.25) is 5.02 Å². The fourth-order valence-electron chi connectivity index (χ4n) is 3.51. The minimum atomic E-state index is 0.745. The number of nitrogens with zero attached hydrogens (tertiary/aromatic N) is 2. The third-order valence-electron chi connectivity index (χ3n) is 4.57. The molecule has 3 rings (SSSR count). The standard InChI is InChI=1S/C16H23ClN2/c1-13-6-7-14(17)11-16(13)19-10-4-9-18-8-3-2-5-15(18)12-19/h6-7,11,15H,2-5,8-10,12H2,1H3. The maximum atomic E-state index is 6.18. The molecular weight excluding hydrogens is 256 g/mol. The molecule has 0 amide bonds. The molecule has 1 aromatic rings. The van der Waals surface area contributed by atoms with Gasteiger partial charge in [-0.25, -0.2) is 0 Å². The van der Waals surface area contributed by atoms with E-state index in [1.54, 1.807) is 0 Å². The maximum Gasteiger partial charge on any atom is 0.0426 e. The lowest BCUT2D eigenvalue weighted by Gasteiger charge is -2.36. The summed E-state index contributed by atoms with van der Waals surface area (Å²) in [5, 5.41) is 0.852. The second kappa shape index (κ2) is 5.72. The Labute approximate surface area is 121 Å².